The van der Waals surface area contributed by atoms with Gasteiger partial charge in [0.25, 0.3) is 5.91 Å². The van der Waals surface area contributed by atoms with Crippen LogP contribution >= 0.6 is 11.8 Å². The van der Waals surface area contributed by atoms with Gasteiger partial charge in [0.1, 0.15) is 0 Å². The Labute approximate surface area is 166 Å². The van der Waals surface area contributed by atoms with Crippen molar-refractivity contribution in [3.8, 4) is 17.2 Å². The van der Waals surface area contributed by atoms with Gasteiger partial charge in [0.15, 0.2) is 11.5 Å². The van der Waals surface area contributed by atoms with E-state index in [1.807, 2.05) is 0 Å². The highest BCUT2D eigenvalue weighted by molar-refractivity contribution is 7.99. The van der Waals surface area contributed by atoms with Crippen molar-refractivity contribution in [2.75, 3.05) is 32.4 Å². The Balaban J connectivity index is 1.96. The number of amides is 1. The molecule has 28 heavy (non-hydrogen) atoms. The lowest BCUT2D eigenvalue weighted by atomic mass is 10.1. The molecule has 146 valence electrons. The van der Waals surface area contributed by atoms with Crippen LogP contribution in [0.25, 0.3) is 6.08 Å². The summed E-state index contributed by atoms with van der Waals surface area (Å²) < 4.78 is 16.3. The Morgan fingerprint density at radius 2 is 1.79 bits per heavy atom. The van der Waals surface area contributed by atoms with Crippen LogP contribution in [0.1, 0.15) is 15.9 Å². The van der Waals surface area contributed by atoms with E-state index in [0.717, 1.165) is 10.5 Å². The molecule has 8 heteroatoms. The maximum absolute atomic E-state index is 12.7. The first-order valence-corrected chi connectivity index (χ1v) is 9.28. The Hall–Kier alpha value is -3.13. The van der Waals surface area contributed by atoms with Crippen molar-refractivity contribution in [1.29, 1.82) is 0 Å². The van der Waals surface area contributed by atoms with Gasteiger partial charge in [0.2, 0.25) is 5.75 Å². The summed E-state index contributed by atoms with van der Waals surface area (Å²) in [6, 6.07) is 8.06. The third-order valence-electron chi connectivity index (χ3n) is 4.21. The maximum atomic E-state index is 12.7. The lowest BCUT2D eigenvalue weighted by molar-refractivity contribution is -0.112. The van der Waals surface area contributed by atoms with Crippen LogP contribution in [0.2, 0.25) is 0 Å². The number of carbonyl (C=O) groups excluding carboxylic acids is 1. The minimum atomic E-state index is -1.10. The van der Waals surface area contributed by atoms with E-state index in [0.29, 0.717) is 28.6 Å². The number of fused-ring (bicyclic) bond motifs is 1. The molecule has 0 atom stereocenters. The van der Waals surface area contributed by atoms with Crippen molar-refractivity contribution in [3.05, 3.63) is 47.0 Å². The lowest BCUT2D eigenvalue weighted by Crippen LogP contribution is -2.19. The highest BCUT2D eigenvalue weighted by Gasteiger charge is 2.25. The predicted molar refractivity (Wildman–Crippen MR) is 107 cm³/mol. The first-order valence-electron chi connectivity index (χ1n) is 8.30. The van der Waals surface area contributed by atoms with Gasteiger partial charge in [-0.05, 0) is 29.8 Å². The monoisotopic (exact) mass is 401 g/mol. The van der Waals surface area contributed by atoms with Gasteiger partial charge in [-0.15, -0.1) is 11.8 Å². The Kier molecular flexibility index (Phi) is 5.79. The average molecular weight is 401 g/mol. The van der Waals surface area contributed by atoms with Crippen LogP contribution in [0.3, 0.4) is 0 Å². The molecule has 0 saturated carbocycles. The number of carbonyl (C=O) groups is 2. The molecule has 0 bridgehead atoms. The Morgan fingerprint density at radius 1 is 1.07 bits per heavy atom. The van der Waals surface area contributed by atoms with Crippen LogP contribution in [-0.4, -0.2) is 44.1 Å². The van der Waals surface area contributed by atoms with Crippen LogP contribution in [0.15, 0.2) is 40.8 Å². The standard InChI is InChI=1S/C20H19NO6S/c1-25-15-9-11-8-12(10-28-18(11)17(27-3)16(15)26-2)19(22)21-14-7-5-4-6-13(14)20(23)24/h4-9H,10H2,1-3H3,(H,21,22)(H,23,24). The fourth-order valence-corrected chi connectivity index (χ4v) is 4.00. The Bertz CT molecular complexity index is 969. The van der Waals surface area contributed by atoms with Crippen LogP contribution < -0.4 is 19.5 Å². The summed E-state index contributed by atoms with van der Waals surface area (Å²) in [6.07, 6.45) is 1.75. The average Bonchev–Trinajstić information content (AvgIpc) is 2.71. The first kappa shape index (κ1) is 19.6. The van der Waals surface area contributed by atoms with E-state index in [9.17, 15) is 14.7 Å². The van der Waals surface area contributed by atoms with Gasteiger partial charge in [0.05, 0.1) is 37.5 Å². The number of para-hydroxylation sites is 1. The van der Waals surface area contributed by atoms with Crippen molar-refractivity contribution in [1.82, 2.24) is 0 Å². The highest BCUT2D eigenvalue weighted by Crippen LogP contribution is 2.49. The van der Waals surface area contributed by atoms with E-state index in [1.165, 1.54) is 32.0 Å². The summed E-state index contributed by atoms with van der Waals surface area (Å²) >= 11 is 1.44. The molecule has 1 amide bonds. The number of benzene rings is 2. The van der Waals surface area contributed by atoms with Gasteiger partial charge in [-0.2, -0.15) is 0 Å². The molecule has 2 N–H and O–H groups in total. The molecule has 0 spiro atoms. The molecular formula is C20H19NO6S. The van der Waals surface area contributed by atoms with Crippen LogP contribution in [0.5, 0.6) is 17.2 Å². The minimum absolute atomic E-state index is 0.0355. The predicted octanol–water partition coefficient (Wildman–Crippen LogP) is 3.54. The maximum Gasteiger partial charge on any atom is 0.337 e. The molecule has 1 aliphatic heterocycles. The number of carboxylic acid groups (broad SMARTS) is 1. The van der Waals surface area contributed by atoms with Crippen molar-refractivity contribution < 1.29 is 28.9 Å². The molecule has 1 heterocycles. The minimum Gasteiger partial charge on any atom is -0.493 e. The SMILES string of the molecule is COc1cc2c(c(OC)c1OC)SCC(C(=O)Nc1ccccc1C(=O)O)=C2. The first-order chi connectivity index (χ1) is 13.5. The molecule has 0 saturated heterocycles. The van der Waals surface area contributed by atoms with Crippen LogP contribution in [0.4, 0.5) is 5.69 Å². The molecule has 0 fully saturated rings. The summed E-state index contributed by atoms with van der Waals surface area (Å²) in [5.41, 5.74) is 1.56. The van der Waals surface area contributed by atoms with E-state index in [2.05, 4.69) is 5.32 Å². The molecule has 2 aromatic rings. The summed E-state index contributed by atoms with van der Waals surface area (Å²) in [5.74, 6) is 0.477. The zero-order valence-electron chi connectivity index (χ0n) is 15.6. The van der Waals surface area contributed by atoms with E-state index in [-0.39, 0.29) is 17.2 Å². The van der Waals surface area contributed by atoms with Gasteiger partial charge in [-0.1, -0.05) is 12.1 Å². The molecule has 0 unspecified atom stereocenters. The van der Waals surface area contributed by atoms with Crippen LogP contribution in [0, 0.1) is 0 Å². The normalized spacial score (nSPS) is 12.5. The molecule has 7 nitrogen and oxygen atoms in total. The third kappa shape index (κ3) is 3.63. The number of hydrogen-bond acceptors (Lipinski definition) is 6. The smallest absolute Gasteiger partial charge is 0.337 e. The molecule has 0 aromatic heterocycles. The fraction of sp³-hybridized carbons (Fsp3) is 0.200. The molecular weight excluding hydrogens is 382 g/mol. The number of ether oxygens (including phenoxy) is 3. The number of thioether (sulfide) groups is 1. The summed E-state index contributed by atoms with van der Waals surface area (Å²) in [7, 11) is 4.61. The van der Waals surface area contributed by atoms with Crippen molar-refractivity contribution >= 4 is 35.4 Å². The summed E-state index contributed by atoms with van der Waals surface area (Å²) in [6.45, 7) is 0. The zero-order valence-corrected chi connectivity index (χ0v) is 16.4. The fourth-order valence-electron chi connectivity index (χ4n) is 2.90. The Morgan fingerprint density at radius 3 is 2.43 bits per heavy atom. The second-order valence-corrected chi connectivity index (χ2v) is 6.81. The second-order valence-electron chi connectivity index (χ2n) is 5.83. The van der Waals surface area contributed by atoms with Crippen molar-refractivity contribution in [3.63, 3.8) is 0 Å². The number of carboxylic acids is 1. The number of methoxy groups -OCH3 is 3. The van der Waals surface area contributed by atoms with Crippen molar-refractivity contribution in [2.24, 2.45) is 0 Å². The summed E-state index contributed by atoms with van der Waals surface area (Å²) in [4.78, 5) is 24.9. The molecule has 0 aliphatic carbocycles. The number of aromatic carboxylic acids is 1. The van der Waals surface area contributed by atoms with E-state index < -0.39 is 5.97 Å². The topological polar surface area (TPSA) is 94.1 Å². The van der Waals surface area contributed by atoms with Gasteiger partial charge >= 0.3 is 5.97 Å². The lowest BCUT2D eigenvalue weighted by Gasteiger charge is -2.22. The summed E-state index contributed by atoms with van der Waals surface area (Å²) in [5, 5.41) is 12.0. The third-order valence-corrected chi connectivity index (χ3v) is 5.38. The van der Waals surface area contributed by atoms with E-state index >= 15 is 0 Å². The van der Waals surface area contributed by atoms with Crippen LogP contribution in [-0.2, 0) is 4.79 Å². The molecule has 0 radical (unpaired) electrons. The van der Waals surface area contributed by atoms with E-state index in [1.54, 1.807) is 37.5 Å². The van der Waals surface area contributed by atoms with Gasteiger partial charge in [-0.3, -0.25) is 4.79 Å². The number of anilines is 1. The highest BCUT2D eigenvalue weighted by atomic mass is 32.2. The number of nitrogens with one attached hydrogen (secondary N) is 1. The zero-order chi connectivity index (χ0) is 20.3. The van der Waals surface area contributed by atoms with E-state index in [4.69, 9.17) is 14.2 Å². The second kappa shape index (κ2) is 8.26. The molecule has 3 rings (SSSR count). The van der Waals surface area contributed by atoms with Gasteiger partial charge in [0, 0.05) is 11.3 Å². The number of rotatable bonds is 6. The number of hydrogen-bond donors (Lipinski definition) is 2. The van der Waals surface area contributed by atoms with Gasteiger partial charge in [-0.25, -0.2) is 4.79 Å². The van der Waals surface area contributed by atoms with Crippen molar-refractivity contribution in [2.45, 2.75) is 4.90 Å². The largest absolute Gasteiger partial charge is 0.493 e. The van der Waals surface area contributed by atoms with Gasteiger partial charge < -0.3 is 24.6 Å². The molecule has 2 aromatic carbocycles. The quantitative estimate of drug-likeness (QED) is 0.765. The molecule has 1 aliphatic rings.